The van der Waals surface area contributed by atoms with Crippen LogP contribution in [0.2, 0.25) is 0 Å². The molecule has 0 aliphatic rings. The molecule has 0 saturated carbocycles. The molecule has 1 aromatic carbocycles. The number of pyridine rings is 1. The van der Waals surface area contributed by atoms with E-state index in [-0.39, 0.29) is 23.6 Å². The summed E-state index contributed by atoms with van der Waals surface area (Å²) in [5, 5.41) is 17.3. The van der Waals surface area contributed by atoms with Crippen molar-refractivity contribution in [3.05, 3.63) is 53.6 Å². The Balaban J connectivity index is 1.87. The topological polar surface area (TPSA) is 99.4 Å². The minimum absolute atomic E-state index is 0.0416. The number of ether oxygens (including phenoxy) is 2. The molecular weight excluding hydrogens is 355 g/mol. The smallest absolute Gasteiger partial charge is 0.337 e. The highest BCUT2D eigenvalue weighted by atomic mass is 19.1. The van der Waals surface area contributed by atoms with E-state index in [1.165, 1.54) is 36.1 Å². The second-order valence-electron chi connectivity index (χ2n) is 5.53. The van der Waals surface area contributed by atoms with Crippen LogP contribution < -0.4 is 9.47 Å². The van der Waals surface area contributed by atoms with Gasteiger partial charge in [-0.3, -0.25) is 0 Å². The van der Waals surface area contributed by atoms with E-state index in [0.29, 0.717) is 23.7 Å². The van der Waals surface area contributed by atoms with Gasteiger partial charge in [-0.1, -0.05) is 5.21 Å². The molecule has 9 heteroatoms. The summed E-state index contributed by atoms with van der Waals surface area (Å²) < 4.78 is 25.7. The average molecular weight is 372 g/mol. The van der Waals surface area contributed by atoms with Gasteiger partial charge in [0.1, 0.15) is 5.69 Å². The van der Waals surface area contributed by atoms with Gasteiger partial charge in [0.2, 0.25) is 5.88 Å². The van der Waals surface area contributed by atoms with Crippen LogP contribution in [0.3, 0.4) is 0 Å². The van der Waals surface area contributed by atoms with E-state index < -0.39 is 11.8 Å². The van der Waals surface area contributed by atoms with Crippen molar-refractivity contribution in [1.82, 2.24) is 20.0 Å². The number of hydrogen-bond donors (Lipinski definition) is 1. The van der Waals surface area contributed by atoms with Crippen molar-refractivity contribution in [1.29, 1.82) is 0 Å². The normalized spacial score (nSPS) is 10.6. The molecule has 0 fully saturated rings. The predicted octanol–water partition coefficient (Wildman–Crippen LogP) is 2.63. The van der Waals surface area contributed by atoms with Gasteiger partial charge >= 0.3 is 5.97 Å². The van der Waals surface area contributed by atoms with Crippen LogP contribution in [0.4, 0.5) is 4.39 Å². The van der Waals surface area contributed by atoms with Crippen LogP contribution in [0.1, 0.15) is 23.0 Å². The van der Waals surface area contributed by atoms with Crippen molar-refractivity contribution in [2.45, 2.75) is 13.5 Å². The fourth-order valence-corrected chi connectivity index (χ4v) is 2.50. The number of hydrogen-bond acceptors (Lipinski definition) is 6. The number of nitrogens with zero attached hydrogens (tertiary/aromatic N) is 4. The van der Waals surface area contributed by atoms with E-state index in [0.717, 1.165) is 0 Å². The van der Waals surface area contributed by atoms with Crippen LogP contribution in [0.5, 0.6) is 11.6 Å². The van der Waals surface area contributed by atoms with Crippen molar-refractivity contribution in [3.8, 4) is 22.9 Å². The van der Waals surface area contributed by atoms with Gasteiger partial charge in [-0.25, -0.2) is 18.9 Å². The molecule has 0 radical (unpaired) electrons. The average Bonchev–Trinajstić information content (AvgIpc) is 3.11. The summed E-state index contributed by atoms with van der Waals surface area (Å²) in [4.78, 5) is 15.5. The first-order valence-electron chi connectivity index (χ1n) is 8.12. The Kier molecular flexibility index (Phi) is 5.30. The minimum Gasteiger partial charge on any atom is -0.491 e. The largest absolute Gasteiger partial charge is 0.491 e. The van der Waals surface area contributed by atoms with E-state index in [1.807, 2.05) is 0 Å². The molecule has 27 heavy (non-hydrogen) atoms. The van der Waals surface area contributed by atoms with Gasteiger partial charge in [-0.15, -0.1) is 5.10 Å². The quantitative estimate of drug-likeness (QED) is 0.680. The molecule has 2 heterocycles. The highest BCUT2D eigenvalue weighted by Crippen LogP contribution is 2.24. The standard InChI is InChI=1S/C18H17FN4O4/c1-3-27-16-6-4-11(8-13(16)19)14-9-23(22-21-14)10-15-12(18(24)25)5-7-17(20-15)26-2/h4-9H,3,10H2,1-2H3,(H,24,25). The lowest BCUT2D eigenvalue weighted by Crippen LogP contribution is -2.10. The van der Waals surface area contributed by atoms with Crippen molar-refractivity contribution < 1.29 is 23.8 Å². The lowest BCUT2D eigenvalue weighted by Gasteiger charge is -2.07. The summed E-state index contributed by atoms with van der Waals surface area (Å²) >= 11 is 0. The van der Waals surface area contributed by atoms with Gasteiger partial charge < -0.3 is 14.6 Å². The minimum atomic E-state index is -1.10. The SMILES string of the molecule is CCOc1ccc(-c2cn(Cc3nc(OC)ccc3C(=O)O)nn2)cc1F. The number of aromatic nitrogens is 4. The summed E-state index contributed by atoms with van der Waals surface area (Å²) in [6.45, 7) is 2.22. The molecule has 0 amide bonds. The molecule has 8 nitrogen and oxygen atoms in total. The second kappa shape index (κ2) is 7.81. The van der Waals surface area contributed by atoms with Gasteiger partial charge in [0.05, 0.1) is 37.7 Å². The van der Waals surface area contributed by atoms with Gasteiger partial charge in [-0.2, -0.15) is 0 Å². The molecule has 0 spiro atoms. The molecule has 140 valence electrons. The molecule has 0 saturated heterocycles. The first-order chi connectivity index (χ1) is 13.0. The Morgan fingerprint density at radius 2 is 2.11 bits per heavy atom. The van der Waals surface area contributed by atoms with Crippen molar-refractivity contribution in [2.24, 2.45) is 0 Å². The molecule has 0 unspecified atom stereocenters. The summed E-state index contributed by atoms with van der Waals surface area (Å²) in [6.07, 6.45) is 1.59. The maximum Gasteiger partial charge on any atom is 0.337 e. The fourth-order valence-electron chi connectivity index (χ4n) is 2.50. The summed E-state index contributed by atoms with van der Waals surface area (Å²) in [7, 11) is 1.45. The molecule has 1 N–H and O–H groups in total. The molecular formula is C18H17FN4O4. The highest BCUT2D eigenvalue weighted by molar-refractivity contribution is 5.88. The molecule has 0 aliphatic carbocycles. The number of aromatic carboxylic acids is 1. The molecule has 0 bridgehead atoms. The number of halogens is 1. The van der Waals surface area contributed by atoms with E-state index in [4.69, 9.17) is 9.47 Å². The maximum atomic E-state index is 14.0. The second-order valence-corrected chi connectivity index (χ2v) is 5.53. The number of carboxylic acids is 1. The molecule has 3 rings (SSSR count). The highest BCUT2D eigenvalue weighted by Gasteiger charge is 2.15. The number of rotatable bonds is 7. The van der Waals surface area contributed by atoms with E-state index in [1.54, 1.807) is 19.2 Å². The first-order valence-corrected chi connectivity index (χ1v) is 8.12. The number of carbonyl (C=O) groups is 1. The third-order valence-electron chi connectivity index (χ3n) is 3.77. The van der Waals surface area contributed by atoms with Crippen LogP contribution in [0.15, 0.2) is 36.5 Å². The van der Waals surface area contributed by atoms with E-state index in [9.17, 15) is 14.3 Å². The van der Waals surface area contributed by atoms with E-state index in [2.05, 4.69) is 15.3 Å². The fraction of sp³-hybridized carbons (Fsp3) is 0.222. The van der Waals surface area contributed by atoms with Crippen LogP contribution >= 0.6 is 0 Å². The molecule has 0 atom stereocenters. The van der Waals surface area contributed by atoms with Crippen LogP contribution in [0.25, 0.3) is 11.3 Å². The van der Waals surface area contributed by atoms with Crippen molar-refractivity contribution in [3.63, 3.8) is 0 Å². The summed E-state index contributed by atoms with van der Waals surface area (Å²) in [6, 6.07) is 7.41. The van der Waals surface area contributed by atoms with Crippen LogP contribution in [0, 0.1) is 5.82 Å². The Bertz CT molecular complexity index is 974. The Labute approximate surface area is 154 Å². The molecule has 0 aliphatic heterocycles. The zero-order chi connectivity index (χ0) is 19.4. The van der Waals surface area contributed by atoms with Crippen molar-refractivity contribution in [2.75, 3.05) is 13.7 Å². The Hall–Kier alpha value is -3.49. The van der Waals surface area contributed by atoms with Crippen LogP contribution in [-0.2, 0) is 6.54 Å². The molecule has 2 aromatic heterocycles. The monoisotopic (exact) mass is 372 g/mol. The number of benzene rings is 1. The number of carboxylic acid groups (broad SMARTS) is 1. The first kappa shape index (κ1) is 18.3. The zero-order valence-electron chi connectivity index (χ0n) is 14.7. The van der Waals surface area contributed by atoms with E-state index >= 15 is 0 Å². The van der Waals surface area contributed by atoms with Gasteiger partial charge in [0.15, 0.2) is 11.6 Å². The summed E-state index contributed by atoms with van der Waals surface area (Å²) in [5.41, 5.74) is 1.28. The van der Waals surface area contributed by atoms with Gasteiger partial charge in [0.25, 0.3) is 0 Å². The lowest BCUT2D eigenvalue weighted by molar-refractivity contribution is 0.0695. The third-order valence-corrected chi connectivity index (χ3v) is 3.77. The Morgan fingerprint density at radius 3 is 2.78 bits per heavy atom. The van der Waals surface area contributed by atoms with Gasteiger partial charge in [0, 0.05) is 11.6 Å². The van der Waals surface area contributed by atoms with Gasteiger partial charge in [-0.05, 0) is 31.2 Å². The Morgan fingerprint density at radius 1 is 1.30 bits per heavy atom. The number of methoxy groups -OCH3 is 1. The van der Waals surface area contributed by atoms with Crippen LogP contribution in [-0.4, -0.2) is 44.8 Å². The maximum absolute atomic E-state index is 14.0. The zero-order valence-corrected chi connectivity index (χ0v) is 14.7. The van der Waals surface area contributed by atoms with Crippen molar-refractivity contribution >= 4 is 5.97 Å². The predicted molar refractivity (Wildman–Crippen MR) is 93.4 cm³/mol. The summed E-state index contributed by atoms with van der Waals surface area (Å²) in [5.74, 6) is -1.13. The third kappa shape index (κ3) is 4.02. The lowest BCUT2D eigenvalue weighted by atomic mass is 10.1. The molecule has 3 aromatic rings.